The molecule has 2 aromatic carbocycles. The highest BCUT2D eigenvalue weighted by atomic mass is 32.2. The molecule has 0 aliphatic heterocycles. The van der Waals surface area contributed by atoms with Crippen molar-refractivity contribution in [1.29, 1.82) is 0 Å². The molecule has 1 aromatic heterocycles. The van der Waals surface area contributed by atoms with Crippen LogP contribution < -0.4 is 16.6 Å². The number of thioether (sulfide) groups is 1. The Morgan fingerprint density at radius 2 is 1.90 bits per heavy atom. The number of anilines is 2. The van der Waals surface area contributed by atoms with E-state index >= 15 is 0 Å². The smallest absolute Gasteiger partial charge is 0.264 e. The van der Waals surface area contributed by atoms with Crippen molar-refractivity contribution in [2.24, 2.45) is 5.10 Å². The van der Waals surface area contributed by atoms with Crippen LogP contribution in [0.15, 0.2) is 70.9 Å². The first-order valence-corrected chi connectivity index (χ1v) is 10.2. The zero-order chi connectivity index (χ0) is 21.3. The van der Waals surface area contributed by atoms with Gasteiger partial charge in [-0.25, -0.2) is 10.1 Å². The van der Waals surface area contributed by atoms with Crippen LogP contribution in [0.3, 0.4) is 0 Å². The van der Waals surface area contributed by atoms with Gasteiger partial charge >= 0.3 is 0 Å². The minimum Gasteiger partial charge on any atom is -0.334 e. The normalized spacial score (nSPS) is 11.6. The van der Waals surface area contributed by atoms with Crippen LogP contribution in [0.4, 0.5) is 11.6 Å². The van der Waals surface area contributed by atoms with Crippen LogP contribution in [0.1, 0.15) is 18.1 Å². The molecular weight excluding hydrogens is 398 g/mol. The number of rotatable bonds is 8. The average molecular weight is 422 g/mol. The number of hydrogen-bond donors (Lipinski definition) is 3. The van der Waals surface area contributed by atoms with E-state index in [1.807, 2.05) is 80.6 Å². The van der Waals surface area contributed by atoms with Crippen molar-refractivity contribution in [3.8, 4) is 0 Å². The van der Waals surface area contributed by atoms with Gasteiger partial charge in [0.05, 0.1) is 11.5 Å². The van der Waals surface area contributed by atoms with Crippen LogP contribution in [0, 0.1) is 6.92 Å². The largest absolute Gasteiger partial charge is 0.334 e. The number of carbonyl (C=O) groups excluding carboxylic acids is 1. The van der Waals surface area contributed by atoms with Gasteiger partial charge in [0.25, 0.3) is 5.95 Å². The lowest BCUT2D eigenvalue weighted by Gasteiger charge is -2.05. The van der Waals surface area contributed by atoms with Crippen LogP contribution in [0.5, 0.6) is 0 Å². The molecule has 1 heterocycles. The van der Waals surface area contributed by atoms with Crippen LogP contribution >= 0.6 is 11.8 Å². The number of nitrogen functional groups attached to an aromatic ring is 1. The van der Waals surface area contributed by atoms with Crippen LogP contribution in [-0.2, 0) is 4.79 Å². The maximum atomic E-state index is 12.1. The fourth-order valence-electron chi connectivity index (χ4n) is 2.37. The third-order valence-corrected chi connectivity index (χ3v) is 4.92. The van der Waals surface area contributed by atoms with Gasteiger partial charge < -0.3 is 11.2 Å². The number of nitrogens with two attached hydrogens (primary N) is 1. The number of allylic oxidation sites excluding steroid dienone is 1. The van der Waals surface area contributed by atoms with Crippen molar-refractivity contribution in [2.45, 2.75) is 19.0 Å². The second-order valence-corrected chi connectivity index (χ2v) is 7.43. The van der Waals surface area contributed by atoms with Crippen LogP contribution in [-0.4, -0.2) is 32.2 Å². The number of nitrogens with zero attached hydrogens (tertiary/aromatic N) is 4. The number of amides is 1. The van der Waals surface area contributed by atoms with Crippen molar-refractivity contribution in [2.75, 3.05) is 22.3 Å². The van der Waals surface area contributed by atoms with Gasteiger partial charge in [-0.05, 0) is 37.6 Å². The lowest BCUT2D eigenvalue weighted by Crippen LogP contribution is -2.17. The first-order chi connectivity index (χ1) is 14.5. The lowest BCUT2D eigenvalue weighted by atomic mass is 10.2. The molecule has 0 unspecified atom stereocenters. The summed E-state index contributed by atoms with van der Waals surface area (Å²) >= 11 is 1.19. The monoisotopic (exact) mass is 421 g/mol. The van der Waals surface area contributed by atoms with Crippen LogP contribution in [0.25, 0.3) is 6.08 Å². The Balaban J connectivity index is 1.52. The van der Waals surface area contributed by atoms with E-state index in [9.17, 15) is 4.79 Å². The molecule has 0 bridgehead atoms. The van der Waals surface area contributed by atoms with Gasteiger partial charge in [0, 0.05) is 5.69 Å². The third kappa shape index (κ3) is 6.21. The summed E-state index contributed by atoms with van der Waals surface area (Å²) < 4.78 is 1.27. The lowest BCUT2D eigenvalue weighted by molar-refractivity contribution is -0.113. The Hall–Kier alpha value is -3.59. The van der Waals surface area contributed by atoms with Gasteiger partial charge in [-0.15, -0.1) is 10.2 Å². The molecule has 1 amide bonds. The van der Waals surface area contributed by atoms with Crippen molar-refractivity contribution in [3.63, 3.8) is 0 Å². The molecule has 0 radical (unpaired) electrons. The molecule has 9 heteroatoms. The van der Waals surface area contributed by atoms with Crippen molar-refractivity contribution in [1.82, 2.24) is 14.9 Å². The second-order valence-electron chi connectivity index (χ2n) is 6.49. The van der Waals surface area contributed by atoms with Gasteiger partial charge in [0.15, 0.2) is 0 Å². The third-order valence-electron chi connectivity index (χ3n) is 3.98. The summed E-state index contributed by atoms with van der Waals surface area (Å²) in [5.74, 6) is 6.29. The molecule has 0 fully saturated rings. The van der Waals surface area contributed by atoms with E-state index in [0.29, 0.717) is 5.16 Å². The molecule has 8 nitrogen and oxygen atoms in total. The Labute approximate surface area is 179 Å². The topological polar surface area (TPSA) is 110 Å². The summed E-state index contributed by atoms with van der Waals surface area (Å²) in [4.78, 5) is 12.1. The molecule has 0 atom stereocenters. The summed E-state index contributed by atoms with van der Waals surface area (Å²) in [5, 5.41) is 15.4. The fraction of sp³-hybridized carbons (Fsp3) is 0.143. The van der Waals surface area contributed by atoms with E-state index in [1.165, 1.54) is 16.4 Å². The molecule has 0 saturated carbocycles. The molecule has 3 rings (SSSR count). The fourth-order valence-corrected chi connectivity index (χ4v) is 3.03. The number of aryl methyl sites for hydroxylation is 1. The molecular formula is C21H23N7OS. The Morgan fingerprint density at radius 1 is 1.17 bits per heavy atom. The maximum absolute atomic E-state index is 12.1. The summed E-state index contributed by atoms with van der Waals surface area (Å²) in [6.07, 6.45) is 3.84. The van der Waals surface area contributed by atoms with Crippen molar-refractivity contribution in [3.05, 3.63) is 71.8 Å². The molecule has 0 aliphatic carbocycles. The molecule has 154 valence electrons. The number of aromatic nitrogens is 3. The summed E-state index contributed by atoms with van der Waals surface area (Å²) in [7, 11) is 0. The van der Waals surface area contributed by atoms with Gasteiger partial charge in [0.2, 0.25) is 11.1 Å². The quantitative estimate of drug-likeness (QED) is 0.222. The second kappa shape index (κ2) is 10.3. The van der Waals surface area contributed by atoms with Gasteiger partial charge in [-0.3, -0.25) is 4.79 Å². The number of nitrogens with one attached hydrogen (secondary N) is 2. The average Bonchev–Trinajstić information content (AvgIpc) is 3.11. The Morgan fingerprint density at radius 3 is 2.63 bits per heavy atom. The zero-order valence-corrected chi connectivity index (χ0v) is 17.6. The van der Waals surface area contributed by atoms with Crippen LogP contribution in [0.2, 0.25) is 0 Å². The highest BCUT2D eigenvalue weighted by Crippen LogP contribution is 2.17. The Kier molecular flexibility index (Phi) is 7.23. The molecule has 0 aliphatic rings. The van der Waals surface area contributed by atoms with E-state index < -0.39 is 0 Å². The highest BCUT2D eigenvalue weighted by molar-refractivity contribution is 7.99. The molecule has 0 saturated heterocycles. The van der Waals surface area contributed by atoms with Gasteiger partial charge in [0.1, 0.15) is 0 Å². The Bertz CT molecular complexity index is 1040. The van der Waals surface area contributed by atoms with Crippen molar-refractivity contribution >= 4 is 41.1 Å². The summed E-state index contributed by atoms with van der Waals surface area (Å²) in [6, 6.07) is 17.5. The minimum absolute atomic E-state index is 0.152. The van der Waals surface area contributed by atoms with Crippen molar-refractivity contribution < 1.29 is 4.79 Å². The predicted octanol–water partition coefficient (Wildman–Crippen LogP) is 3.53. The minimum atomic E-state index is -0.152. The first-order valence-electron chi connectivity index (χ1n) is 9.24. The summed E-state index contributed by atoms with van der Waals surface area (Å²) in [5.41, 5.74) is 6.49. The molecule has 3 aromatic rings. The van der Waals surface area contributed by atoms with Gasteiger partial charge in [-0.1, -0.05) is 65.9 Å². The van der Waals surface area contributed by atoms with E-state index in [4.69, 9.17) is 5.84 Å². The molecule has 30 heavy (non-hydrogen) atoms. The number of benzene rings is 2. The van der Waals surface area contributed by atoms with E-state index in [-0.39, 0.29) is 17.6 Å². The van der Waals surface area contributed by atoms with E-state index in [0.717, 1.165) is 22.5 Å². The highest BCUT2D eigenvalue weighted by Gasteiger charge is 2.12. The number of carbonyl (C=O) groups is 1. The zero-order valence-electron chi connectivity index (χ0n) is 16.7. The van der Waals surface area contributed by atoms with Gasteiger partial charge in [-0.2, -0.15) is 5.10 Å². The SMILES string of the molecule is CC(/C=C/c1ccccc1)=N\Nc1nnc(SCC(=O)Nc2ccc(C)cc2)n1N. The molecule has 4 N–H and O–H groups in total. The maximum Gasteiger partial charge on any atom is 0.264 e. The number of hydrazone groups is 1. The number of hydrogen-bond acceptors (Lipinski definition) is 7. The van der Waals surface area contributed by atoms with E-state index in [1.54, 1.807) is 0 Å². The summed E-state index contributed by atoms with van der Waals surface area (Å²) in [6.45, 7) is 3.85. The molecule has 0 spiro atoms. The standard InChI is InChI=1S/C21H23N7OS/c1-15-8-12-18(13-9-15)23-19(29)14-30-21-27-26-20(28(21)22)25-24-16(2)10-11-17-6-4-3-5-7-17/h3-13H,14,22H2,1-2H3,(H,23,29)(H,25,26)/b11-10+,24-16+. The van der Waals surface area contributed by atoms with E-state index in [2.05, 4.69) is 26.0 Å². The first kappa shape index (κ1) is 21.1. The predicted molar refractivity (Wildman–Crippen MR) is 123 cm³/mol.